The van der Waals surface area contributed by atoms with E-state index in [0.717, 1.165) is 5.52 Å². The molecule has 0 unspecified atom stereocenters. The number of halogens is 1. The van der Waals surface area contributed by atoms with Crippen LogP contribution >= 0.6 is 0 Å². The minimum Gasteiger partial charge on any atom is -0.350 e. The molecule has 0 aliphatic carbocycles. The Bertz CT molecular complexity index is 604. The monoisotopic (exact) mass is 235 g/mol. The van der Waals surface area contributed by atoms with Crippen molar-refractivity contribution >= 4 is 23.1 Å². The van der Waals surface area contributed by atoms with Crippen molar-refractivity contribution in [2.75, 3.05) is 0 Å². The van der Waals surface area contributed by atoms with Gasteiger partial charge >= 0.3 is 6.03 Å². The molecule has 0 saturated carbocycles. The van der Waals surface area contributed by atoms with Gasteiger partial charge in [0.1, 0.15) is 5.82 Å². The molecule has 0 bridgehead atoms. The number of amides is 2. The summed E-state index contributed by atoms with van der Waals surface area (Å²) in [5.41, 5.74) is 7.83. The molecule has 1 aromatic carbocycles. The van der Waals surface area contributed by atoms with Crippen LogP contribution in [0.1, 0.15) is 5.56 Å². The van der Waals surface area contributed by atoms with Crippen molar-refractivity contribution in [2.45, 2.75) is 0 Å². The van der Waals surface area contributed by atoms with Crippen LogP contribution in [0.25, 0.3) is 10.9 Å². The molecule has 0 aliphatic heterocycles. The van der Waals surface area contributed by atoms with Crippen molar-refractivity contribution in [3.63, 3.8) is 0 Å². The summed E-state index contributed by atoms with van der Waals surface area (Å²) < 4.78 is 15.2. The van der Waals surface area contributed by atoms with Gasteiger partial charge in [0.05, 0.1) is 17.9 Å². The van der Waals surface area contributed by atoms with E-state index in [-0.39, 0.29) is 5.56 Å². The van der Waals surface area contributed by atoms with Crippen LogP contribution < -0.4 is 11.2 Å². The quantitative estimate of drug-likeness (QED) is 0.593. The van der Waals surface area contributed by atoms with Gasteiger partial charge in [0.2, 0.25) is 0 Å². The molecule has 6 nitrogen and oxygen atoms in total. The molecule has 0 spiro atoms. The normalized spacial score (nSPS) is 11.2. The molecule has 1 heterocycles. The number of aryl methyl sites for hydroxylation is 1. The highest BCUT2D eigenvalue weighted by atomic mass is 19.1. The Kier molecular flexibility index (Phi) is 2.73. The van der Waals surface area contributed by atoms with E-state index in [0.29, 0.717) is 5.39 Å². The standard InChI is InChI=1S/C10H10FN5O/c1-16-9-3-6(4-13-15-10(12)17)8(11)2-7(9)5-14-16/h2-5H,1H3,(H3,12,15,17). The Morgan fingerprint density at radius 2 is 2.41 bits per heavy atom. The molecule has 2 amide bonds. The first-order valence-corrected chi connectivity index (χ1v) is 4.77. The second kappa shape index (κ2) is 4.20. The van der Waals surface area contributed by atoms with E-state index in [1.807, 2.05) is 5.43 Å². The largest absolute Gasteiger partial charge is 0.350 e. The Morgan fingerprint density at radius 1 is 1.65 bits per heavy atom. The molecule has 2 aromatic rings. The number of fused-ring (bicyclic) bond motifs is 1. The molecule has 17 heavy (non-hydrogen) atoms. The number of nitrogens with zero attached hydrogens (tertiary/aromatic N) is 3. The predicted octanol–water partition coefficient (Wildman–Crippen LogP) is 0.715. The number of rotatable bonds is 2. The fourth-order valence-corrected chi connectivity index (χ4v) is 1.45. The van der Waals surface area contributed by atoms with Crippen LogP contribution in [0.5, 0.6) is 0 Å². The molecule has 0 atom stereocenters. The lowest BCUT2D eigenvalue weighted by Gasteiger charge is -1.99. The fourth-order valence-electron chi connectivity index (χ4n) is 1.45. The molecular weight excluding hydrogens is 225 g/mol. The second-order valence-electron chi connectivity index (χ2n) is 3.43. The molecule has 0 fully saturated rings. The number of nitrogens with one attached hydrogen (secondary N) is 1. The van der Waals surface area contributed by atoms with E-state index in [4.69, 9.17) is 5.73 Å². The third-order valence-electron chi connectivity index (χ3n) is 2.24. The third kappa shape index (κ3) is 2.22. The molecule has 88 valence electrons. The van der Waals surface area contributed by atoms with E-state index < -0.39 is 11.8 Å². The maximum atomic E-state index is 13.6. The van der Waals surface area contributed by atoms with Crippen LogP contribution in [-0.4, -0.2) is 22.0 Å². The summed E-state index contributed by atoms with van der Waals surface area (Å²) in [4.78, 5) is 10.4. The van der Waals surface area contributed by atoms with Gasteiger partial charge in [0.15, 0.2) is 0 Å². The zero-order valence-electron chi connectivity index (χ0n) is 9.01. The van der Waals surface area contributed by atoms with Gasteiger partial charge in [-0.25, -0.2) is 14.6 Å². The van der Waals surface area contributed by atoms with E-state index >= 15 is 0 Å². The van der Waals surface area contributed by atoms with Crippen LogP contribution in [0, 0.1) is 5.82 Å². The number of hydrogen-bond donors (Lipinski definition) is 2. The van der Waals surface area contributed by atoms with Crippen molar-refractivity contribution < 1.29 is 9.18 Å². The first-order chi connectivity index (χ1) is 8.08. The summed E-state index contributed by atoms with van der Waals surface area (Å²) >= 11 is 0. The molecule has 0 aliphatic rings. The average molecular weight is 235 g/mol. The number of hydrogen-bond acceptors (Lipinski definition) is 3. The lowest BCUT2D eigenvalue weighted by molar-refractivity contribution is 0.249. The third-order valence-corrected chi connectivity index (χ3v) is 2.24. The highest BCUT2D eigenvalue weighted by Gasteiger charge is 2.06. The summed E-state index contributed by atoms with van der Waals surface area (Å²) in [5, 5.41) is 8.20. The SMILES string of the molecule is Cn1ncc2cc(F)c(C=NNC(N)=O)cc21. The van der Waals surface area contributed by atoms with Crippen molar-refractivity contribution in [3.05, 3.63) is 29.7 Å². The van der Waals surface area contributed by atoms with E-state index in [9.17, 15) is 9.18 Å². The van der Waals surface area contributed by atoms with Gasteiger partial charge in [-0.05, 0) is 12.1 Å². The number of urea groups is 1. The zero-order chi connectivity index (χ0) is 12.4. The maximum Gasteiger partial charge on any atom is 0.332 e. The van der Waals surface area contributed by atoms with Crippen molar-refractivity contribution in [1.82, 2.24) is 15.2 Å². The Labute approximate surface area is 95.9 Å². The van der Waals surface area contributed by atoms with Crippen LogP contribution in [0.4, 0.5) is 9.18 Å². The summed E-state index contributed by atoms with van der Waals surface area (Å²) in [6.45, 7) is 0. The number of carbonyl (C=O) groups is 1. The van der Waals surface area contributed by atoms with Crippen molar-refractivity contribution in [1.29, 1.82) is 0 Å². The summed E-state index contributed by atoms with van der Waals surface area (Å²) in [7, 11) is 1.75. The number of hydrazone groups is 1. The van der Waals surface area contributed by atoms with Crippen LogP contribution in [0.15, 0.2) is 23.4 Å². The van der Waals surface area contributed by atoms with Gasteiger partial charge in [-0.2, -0.15) is 10.2 Å². The zero-order valence-corrected chi connectivity index (χ0v) is 9.01. The molecular formula is C10H10FN5O. The number of aromatic nitrogens is 2. The number of primary amides is 1. The van der Waals surface area contributed by atoms with Gasteiger partial charge in [-0.3, -0.25) is 4.68 Å². The fraction of sp³-hybridized carbons (Fsp3) is 0.100. The average Bonchev–Trinajstić information content (AvgIpc) is 2.60. The summed E-state index contributed by atoms with van der Waals surface area (Å²) in [6, 6.07) is 2.14. The predicted molar refractivity (Wildman–Crippen MR) is 61.0 cm³/mol. The summed E-state index contributed by atoms with van der Waals surface area (Å²) in [5.74, 6) is -0.444. The number of benzene rings is 1. The van der Waals surface area contributed by atoms with Crippen LogP contribution in [0.2, 0.25) is 0 Å². The van der Waals surface area contributed by atoms with E-state index in [1.54, 1.807) is 24.0 Å². The van der Waals surface area contributed by atoms with Gasteiger partial charge in [0.25, 0.3) is 0 Å². The lowest BCUT2D eigenvalue weighted by atomic mass is 10.1. The van der Waals surface area contributed by atoms with Gasteiger partial charge in [-0.1, -0.05) is 0 Å². The Morgan fingerprint density at radius 3 is 3.12 bits per heavy atom. The van der Waals surface area contributed by atoms with E-state index in [1.165, 1.54) is 12.3 Å². The topological polar surface area (TPSA) is 85.3 Å². The minimum atomic E-state index is -0.803. The first kappa shape index (κ1) is 11.1. The molecule has 0 saturated heterocycles. The molecule has 3 N–H and O–H groups in total. The molecule has 0 radical (unpaired) electrons. The van der Waals surface area contributed by atoms with Crippen LogP contribution in [0.3, 0.4) is 0 Å². The Hall–Kier alpha value is -2.44. The number of nitrogens with two attached hydrogens (primary N) is 1. The van der Waals surface area contributed by atoms with Crippen molar-refractivity contribution in [2.24, 2.45) is 17.9 Å². The molecule has 1 aromatic heterocycles. The van der Waals surface area contributed by atoms with Gasteiger partial charge in [-0.15, -0.1) is 0 Å². The Balaban J connectivity index is 2.39. The lowest BCUT2D eigenvalue weighted by Crippen LogP contribution is -2.24. The van der Waals surface area contributed by atoms with E-state index in [2.05, 4.69) is 10.2 Å². The van der Waals surface area contributed by atoms with Crippen molar-refractivity contribution in [3.8, 4) is 0 Å². The van der Waals surface area contributed by atoms with Crippen LogP contribution in [-0.2, 0) is 7.05 Å². The molecule has 7 heteroatoms. The summed E-state index contributed by atoms with van der Waals surface area (Å²) in [6.07, 6.45) is 2.76. The second-order valence-corrected chi connectivity index (χ2v) is 3.43. The smallest absolute Gasteiger partial charge is 0.332 e. The molecule has 2 rings (SSSR count). The van der Waals surface area contributed by atoms with Gasteiger partial charge < -0.3 is 5.73 Å². The minimum absolute atomic E-state index is 0.245. The highest BCUT2D eigenvalue weighted by molar-refractivity contribution is 5.89. The highest BCUT2D eigenvalue weighted by Crippen LogP contribution is 2.17. The maximum absolute atomic E-state index is 13.6. The first-order valence-electron chi connectivity index (χ1n) is 4.77. The van der Waals surface area contributed by atoms with Gasteiger partial charge in [0, 0.05) is 18.0 Å². The number of carbonyl (C=O) groups excluding carboxylic acids is 1.